The van der Waals surface area contributed by atoms with Crippen molar-refractivity contribution in [1.82, 2.24) is 9.55 Å². The van der Waals surface area contributed by atoms with Crippen molar-refractivity contribution >= 4 is 11.6 Å². The lowest BCUT2D eigenvalue weighted by atomic mass is 9.91. The van der Waals surface area contributed by atoms with Gasteiger partial charge in [-0.1, -0.05) is 23.7 Å². The highest BCUT2D eigenvalue weighted by molar-refractivity contribution is 6.30. The predicted octanol–water partition coefficient (Wildman–Crippen LogP) is 3.27. The smallest absolute Gasteiger partial charge is 0.0948 e. The van der Waals surface area contributed by atoms with Crippen LogP contribution in [0.2, 0.25) is 5.02 Å². The van der Waals surface area contributed by atoms with Crippen LogP contribution in [0.3, 0.4) is 0 Å². The Labute approximate surface area is 99.9 Å². The van der Waals surface area contributed by atoms with Crippen molar-refractivity contribution in [2.75, 3.05) is 0 Å². The Balaban J connectivity index is 1.86. The van der Waals surface area contributed by atoms with E-state index in [9.17, 15) is 0 Å². The normalized spacial score (nSPS) is 19.4. The van der Waals surface area contributed by atoms with Crippen molar-refractivity contribution in [2.45, 2.75) is 25.3 Å². The molecule has 0 bridgehead atoms. The van der Waals surface area contributed by atoms with Crippen LogP contribution in [0.25, 0.3) is 0 Å². The first-order valence-corrected chi connectivity index (χ1v) is 5.95. The zero-order valence-electron chi connectivity index (χ0n) is 8.94. The lowest BCUT2D eigenvalue weighted by Gasteiger charge is -2.24. The summed E-state index contributed by atoms with van der Waals surface area (Å²) in [6.45, 7) is 1.04. The van der Waals surface area contributed by atoms with Gasteiger partial charge in [-0.2, -0.15) is 0 Å². The van der Waals surface area contributed by atoms with E-state index in [2.05, 4.69) is 21.7 Å². The highest BCUT2D eigenvalue weighted by Gasteiger charge is 2.19. The van der Waals surface area contributed by atoms with Crippen LogP contribution in [0.5, 0.6) is 0 Å². The highest BCUT2D eigenvalue weighted by Crippen LogP contribution is 2.29. The molecule has 0 fully saturated rings. The minimum atomic E-state index is 0.596. The average molecular weight is 233 g/mol. The molecule has 1 aliphatic rings. The van der Waals surface area contributed by atoms with E-state index >= 15 is 0 Å². The topological polar surface area (TPSA) is 17.8 Å². The molecule has 16 heavy (non-hydrogen) atoms. The number of nitrogens with zero attached hydrogens (tertiary/aromatic N) is 2. The zero-order chi connectivity index (χ0) is 11.0. The van der Waals surface area contributed by atoms with E-state index in [1.54, 1.807) is 0 Å². The van der Waals surface area contributed by atoms with E-state index in [1.165, 1.54) is 17.7 Å². The second-order valence-electron chi connectivity index (χ2n) is 4.32. The van der Waals surface area contributed by atoms with E-state index in [0.29, 0.717) is 5.92 Å². The summed E-state index contributed by atoms with van der Waals surface area (Å²) in [5, 5.41) is 0.808. The van der Waals surface area contributed by atoms with Gasteiger partial charge >= 0.3 is 0 Å². The van der Waals surface area contributed by atoms with Crippen LogP contribution in [0, 0.1) is 0 Å². The molecule has 1 aliphatic heterocycles. The van der Waals surface area contributed by atoms with E-state index in [4.69, 9.17) is 11.6 Å². The molecule has 0 N–H and O–H groups in total. The first-order valence-electron chi connectivity index (χ1n) is 5.57. The molecule has 0 saturated heterocycles. The number of imidazole rings is 1. The summed E-state index contributed by atoms with van der Waals surface area (Å²) >= 11 is 5.90. The fourth-order valence-electron chi connectivity index (χ4n) is 2.38. The van der Waals surface area contributed by atoms with Gasteiger partial charge in [0.2, 0.25) is 0 Å². The molecule has 0 spiro atoms. The monoisotopic (exact) mass is 232 g/mol. The van der Waals surface area contributed by atoms with Crippen molar-refractivity contribution in [3.8, 4) is 0 Å². The molecule has 3 heteroatoms. The Bertz CT molecular complexity index is 487. The third-order valence-electron chi connectivity index (χ3n) is 3.31. The number of benzene rings is 1. The van der Waals surface area contributed by atoms with Gasteiger partial charge in [0.15, 0.2) is 0 Å². The Hall–Kier alpha value is -1.28. The van der Waals surface area contributed by atoms with Crippen LogP contribution < -0.4 is 0 Å². The number of hydrogen-bond acceptors (Lipinski definition) is 1. The Morgan fingerprint density at radius 1 is 1.25 bits per heavy atom. The lowest BCUT2D eigenvalue weighted by molar-refractivity contribution is 0.463. The first-order chi connectivity index (χ1) is 7.83. The summed E-state index contributed by atoms with van der Waals surface area (Å²) in [5.41, 5.74) is 2.73. The fourth-order valence-corrected chi connectivity index (χ4v) is 2.50. The van der Waals surface area contributed by atoms with Gasteiger partial charge in [0.1, 0.15) is 0 Å². The molecule has 82 valence electrons. The largest absolute Gasteiger partial charge is 0.334 e. The van der Waals surface area contributed by atoms with E-state index in [0.717, 1.165) is 18.0 Å². The molecule has 2 nitrogen and oxygen atoms in total. The van der Waals surface area contributed by atoms with Crippen LogP contribution in [-0.2, 0) is 13.0 Å². The van der Waals surface area contributed by atoms with Crippen molar-refractivity contribution in [3.63, 3.8) is 0 Å². The number of aromatic nitrogens is 2. The molecule has 1 atom stereocenters. The summed E-state index contributed by atoms with van der Waals surface area (Å²) in [6.07, 6.45) is 6.22. The summed E-state index contributed by atoms with van der Waals surface area (Å²) < 4.78 is 2.25. The molecular formula is C13H13ClN2. The quantitative estimate of drug-likeness (QED) is 0.738. The second kappa shape index (κ2) is 3.95. The molecule has 0 saturated carbocycles. The van der Waals surface area contributed by atoms with Gasteiger partial charge in [-0.05, 0) is 30.5 Å². The third-order valence-corrected chi connectivity index (χ3v) is 3.56. The van der Waals surface area contributed by atoms with Gasteiger partial charge in [0.05, 0.1) is 6.33 Å². The highest BCUT2D eigenvalue weighted by atomic mass is 35.5. The standard InChI is InChI=1S/C13H13ClN2/c14-12-4-1-10(2-5-12)11-3-6-13-7-15-9-16(13)8-11/h1-2,4-5,7,9,11H,3,6,8H2. The predicted molar refractivity (Wildman–Crippen MR) is 64.7 cm³/mol. The maximum absolute atomic E-state index is 5.90. The molecule has 1 aromatic carbocycles. The Morgan fingerprint density at radius 3 is 2.88 bits per heavy atom. The molecule has 0 aliphatic carbocycles. The Morgan fingerprint density at radius 2 is 2.06 bits per heavy atom. The van der Waals surface area contributed by atoms with Crippen LogP contribution in [0.15, 0.2) is 36.8 Å². The second-order valence-corrected chi connectivity index (χ2v) is 4.76. The van der Waals surface area contributed by atoms with Crippen molar-refractivity contribution < 1.29 is 0 Å². The molecule has 0 amide bonds. The van der Waals surface area contributed by atoms with Crippen molar-refractivity contribution in [1.29, 1.82) is 0 Å². The zero-order valence-corrected chi connectivity index (χ0v) is 9.69. The maximum Gasteiger partial charge on any atom is 0.0948 e. The van der Waals surface area contributed by atoms with E-state index < -0.39 is 0 Å². The molecule has 2 aromatic rings. The number of rotatable bonds is 1. The number of fused-ring (bicyclic) bond motifs is 1. The molecule has 0 radical (unpaired) electrons. The SMILES string of the molecule is Clc1ccc(C2CCc3cncn3C2)cc1. The van der Waals surface area contributed by atoms with Crippen molar-refractivity contribution in [3.05, 3.63) is 53.1 Å². The summed E-state index contributed by atoms with van der Waals surface area (Å²) in [5.74, 6) is 0.596. The molecule has 1 unspecified atom stereocenters. The summed E-state index contributed by atoms with van der Waals surface area (Å²) in [7, 11) is 0. The van der Waals surface area contributed by atoms with Crippen LogP contribution in [-0.4, -0.2) is 9.55 Å². The fraction of sp³-hybridized carbons (Fsp3) is 0.308. The van der Waals surface area contributed by atoms with Gasteiger partial charge < -0.3 is 4.57 Å². The van der Waals surface area contributed by atoms with Gasteiger partial charge in [-0.3, -0.25) is 0 Å². The van der Waals surface area contributed by atoms with Gasteiger partial charge in [0.25, 0.3) is 0 Å². The van der Waals surface area contributed by atoms with Gasteiger partial charge in [-0.15, -0.1) is 0 Å². The molecule has 1 aromatic heterocycles. The van der Waals surface area contributed by atoms with Crippen LogP contribution in [0.4, 0.5) is 0 Å². The van der Waals surface area contributed by atoms with Crippen molar-refractivity contribution in [2.24, 2.45) is 0 Å². The maximum atomic E-state index is 5.90. The minimum Gasteiger partial charge on any atom is -0.334 e. The summed E-state index contributed by atoms with van der Waals surface area (Å²) in [4.78, 5) is 4.19. The molecule has 2 heterocycles. The van der Waals surface area contributed by atoms with Crippen LogP contribution >= 0.6 is 11.6 Å². The third kappa shape index (κ3) is 1.74. The van der Waals surface area contributed by atoms with Crippen LogP contribution in [0.1, 0.15) is 23.6 Å². The molecule has 3 rings (SSSR count). The molecular weight excluding hydrogens is 220 g/mol. The number of aryl methyl sites for hydroxylation is 1. The minimum absolute atomic E-state index is 0.596. The van der Waals surface area contributed by atoms with E-state index in [1.807, 2.05) is 24.7 Å². The Kier molecular flexibility index (Phi) is 2.44. The average Bonchev–Trinajstić information content (AvgIpc) is 2.77. The van der Waals surface area contributed by atoms with Gasteiger partial charge in [-0.25, -0.2) is 4.98 Å². The van der Waals surface area contributed by atoms with Gasteiger partial charge in [0, 0.05) is 29.4 Å². The summed E-state index contributed by atoms with van der Waals surface area (Å²) in [6, 6.07) is 8.21. The first kappa shape index (κ1) is 9.91. The lowest BCUT2D eigenvalue weighted by Crippen LogP contribution is -2.17. The van der Waals surface area contributed by atoms with E-state index in [-0.39, 0.29) is 0 Å². The number of halogens is 1. The number of hydrogen-bond donors (Lipinski definition) is 0.